The van der Waals surface area contributed by atoms with Crippen LogP contribution in [-0.4, -0.2) is 8.42 Å². The molecule has 0 unspecified atom stereocenters. The fraction of sp³-hybridized carbons (Fsp3) is 0. The topological polar surface area (TPSA) is 46.2 Å². The lowest BCUT2D eigenvalue weighted by Crippen LogP contribution is -2.12. The first-order valence-electron chi connectivity index (χ1n) is 4.62. The number of rotatable bonds is 3. The van der Waals surface area contributed by atoms with Gasteiger partial charge in [0.2, 0.25) is 0 Å². The van der Waals surface area contributed by atoms with Gasteiger partial charge in [0.15, 0.2) is 5.82 Å². The minimum Gasteiger partial charge on any atom is -0.276 e. The van der Waals surface area contributed by atoms with Crippen molar-refractivity contribution in [3.8, 4) is 0 Å². The molecule has 0 amide bonds. The third-order valence-corrected chi connectivity index (χ3v) is 5.39. The highest BCUT2D eigenvalue weighted by Crippen LogP contribution is 2.29. The fourth-order valence-corrected chi connectivity index (χ4v) is 3.94. The summed E-state index contributed by atoms with van der Waals surface area (Å²) in [6.45, 7) is 0. The van der Waals surface area contributed by atoms with Gasteiger partial charge in [-0.3, -0.25) is 4.72 Å². The Morgan fingerprint density at radius 1 is 1.17 bits per heavy atom. The van der Waals surface area contributed by atoms with Crippen LogP contribution in [0.5, 0.6) is 0 Å². The van der Waals surface area contributed by atoms with Crippen molar-refractivity contribution in [2.75, 3.05) is 4.72 Å². The molecule has 1 N–H and O–H groups in total. The van der Waals surface area contributed by atoms with Crippen LogP contribution in [0.4, 0.5) is 10.1 Å². The van der Waals surface area contributed by atoms with E-state index in [1.807, 2.05) is 0 Å². The van der Waals surface area contributed by atoms with Gasteiger partial charge in [0.1, 0.15) is 4.21 Å². The Kier molecular flexibility index (Phi) is 3.82. The van der Waals surface area contributed by atoms with Gasteiger partial charge in [0, 0.05) is 0 Å². The molecule has 3 nitrogen and oxygen atoms in total. The molecule has 0 atom stereocenters. The molecular formula is C10H6Cl2FNO2S2. The summed E-state index contributed by atoms with van der Waals surface area (Å²) < 4.78 is 39.9. The lowest BCUT2D eigenvalue weighted by molar-refractivity contribution is 0.600. The van der Waals surface area contributed by atoms with Gasteiger partial charge in [-0.25, -0.2) is 12.8 Å². The molecular weight excluding hydrogens is 320 g/mol. The standard InChI is InChI=1S/C10H6Cl2FNO2S2/c11-6-2-1-3-7(10(6)13)14-18(15,16)9-5-4-8(12)17-9/h1-5,14H. The van der Waals surface area contributed by atoms with Gasteiger partial charge in [-0.05, 0) is 24.3 Å². The number of hydrogen-bond acceptors (Lipinski definition) is 3. The summed E-state index contributed by atoms with van der Waals surface area (Å²) in [5.74, 6) is -0.814. The molecule has 1 aromatic heterocycles. The molecule has 1 heterocycles. The van der Waals surface area contributed by atoms with Crippen molar-refractivity contribution >= 4 is 50.2 Å². The van der Waals surface area contributed by atoms with Crippen molar-refractivity contribution in [3.05, 3.63) is 45.5 Å². The molecule has 1 aromatic carbocycles. The molecule has 18 heavy (non-hydrogen) atoms. The summed E-state index contributed by atoms with van der Waals surface area (Å²) in [6, 6.07) is 6.86. The van der Waals surface area contributed by atoms with Crippen LogP contribution in [0.3, 0.4) is 0 Å². The van der Waals surface area contributed by atoms with Gasteiger partial charge in [-0.15, -0.1) is 11.3 Å². The first-order chi connectivity index (χ1) is 8.40. The summed E-state index contributed by atoms with van der Waals surface area (Å²) in [4.78, 5) is 0. The molecule has 0 bridgehead atoms. The molecule has 0 saturated carbocycles. The SMILES string of the molecule is O=S(=O)(Nc1cccc(Cl)c1F)c1ccc(Cl)s1. The van der Waals surface area contributed by atoms with E-state index in [4.69, 9.17) is 23.2 Å². The van der Waals surface area contributed by atoms with Gasteiger partial charge >= 0.3 is 0 Å². The van der Waals surface area contributed by atoms with E-state index >= 15 is 0 Å². The molecule has 0 aliphatic rings. The van der Waals surface area contributed by atoms with Crippen LogP contribution in [0.2, 0.25) is 9.36 Å². The van der Waals surface area contributed by atoms with Gasteiger partial charge in [-0.2, -0.15) is 0 Å². The molecule has 0 aliphatic heterocycles. The van der Waals surface area contributed by atoms with Crippen LogP contribution < -0.4 is 4.72 Å². The summed E-state index contributed by atoms with van der Waals surface area (Å²) >= 11 is 12.1. The Hall–Kier alpha value is -0.820. The van der Waals surface area contributed by atoms with Gasteiger partial charge in [0.05, 0.1) is 15.0 Å². The lowest BCUT2D eigenvalue weighted by atomic mass is 10.3. The summed E-state index contributed by atoms with van der Waals surface area (Å²) in [5.41, 5.74) is -0.202. The van der Waals surface area contributed by atoms with E-state index in [0.29, 0.717) is 4.34 Å². The second-order valence-electron chi connectivity index (χ2n) is 3.27. The zero-order chi connectivity index (χ0) is 13.3. The number of halogens is 3. The van der Waals surface area contributed by atoms with Crippen molar-refractivity contribution in [1.82, 2.24) is 0 Å². The number of hydrogen-bond donors (Lipinski definition) is 1. The summed E-state index contributed by atoms with van der Waals surface area (Å²) in [6.07, 6.45) is 0. The van der Waals surface area contributed by atoms with Crippen LogP contribution in [0.1, 0.15) is 0 Å². The van der Waals surface area contributed by atoms with Gasteiger partial charge in [0.25, 0.3) is 10.0 Å². The normalized spacial score (nSPS) is 11.5. The van der Waals surface area contributed by atoms with E-state index in [2.05, 4.69) is 4.72 Å². The number of benzene rings is 1. The smallest absolute Gasteiger partial charge is 0.271 e. The molecule has 0 saturated heterocycles. The maximum absolute atomic E-state index is 13.6. The Bertz CT molecular complexity index is 685. The molecule has 96 valence electrons. The van der Waals surface area contributed by atoms with Gasteiger partial charge in [-0.1, -0.05) is 29.3 Å². The van der Waals surface area contributed by atoms with Crippen LogP contribution >= 0.6 is 34.5 Å². The minimum absolute atomic E-state index is 0.00637. The van der Waals surface area contributed by atoms with Gasteiger partial charge < -0.3 is 0 Å². The Balaban J connectivity index is 2.37. The molecule has 0 radical (unpaired) electrons. The average molecular weight is 326 g/mol. The van der Waals surface area contributed by atoms with Crippen molar-refractivity contribution in [2.45, 2.75) is 4.21 Å². The zero-order valence-corrected chi connectivity index (χ0v) is 11.8. The molecule has 0 aliphatic carbocycles. The number of sulfonamides is 1. The van der Waals surface area contributed by atoms with E-state index in [1.54, 1.807) is 0 Å². The van der Waals surface area contributed by atoms with Crippen LogP contribution in [0.15, 0.2) is 34.5 Å². The minimum atomic E-state index is -3.85. The Labute approximate surface area is 117 Å². The van der Waals surface area contributed by atoms with Crippen molar-refractivity contribution in [3.63, 3.8) is 0 Å². The number of anilines is 1. The van der Waals surface area contributed by atoms with E-state index in [1.165, 1.54) is 30.3 Å². The first kappa shape index (κ1) is 13.6. The van der Waals surface area contributed by atoms with Crippen LogP contribution in [-0.2, 0) is 10.0 Å². The molecule has 2 aromatic rings. The predicted octanol–water partition coefficient (Wildman–Crippen LogP) is 3.99. The summed E-state index contributed by atoms with van der Waals surface area (Å²) in [7, 11) is -3.85. The van der Waals surface area contributed by atoms with Crippen molar-refractivity contribution < 1.29 is 12.8 Å². The van der Waals surface area contributed by atoms with E-state index < -0.39 is 15.8 Å². The largest absolute Gasteiger partial charge is 0.276 e. The third kappa shape index (κ3) is 2.77. The molecule has 0 fully saturated rings. The number of thiophene rings is 1. The maximum Gasteiger partial charge on any atom is 0.271 e. The van der Waals surface area contributed by atoms with Crippen LogP contribution in [0.25, 0.3) is 0 Å². The highest BCUT2D eigenvalue weighted by atomic mass is 35.5. The number of nitrogens with one attached hydrogen (secondary N) is 1. The van der Waals surface area contributed by atoms with Crippen molar-refractivity contribution in [2.24, 2.45) is 0 Å². The molecule has 8 heteroatoms. The first-order valence-corrected chi connectivity index (χ1v) is 7.68. The zero-order valence-electron chi connectivity index (χ0n) is 8.65. The molecule has 0 spiro atoms. The maximum atomic E-state index is 13.6. The Morgan fingerprint density at radius 3 is 2.50 bits per heavy atom. The molecule has 2 rings (SSSR count). The second-order valence-corrected chi connectivity index (χ2v) is 7.30. The highest BCUT2D eigenvalue weighted by molar-refractivity contribution is 7.94. The van der Waals surface area contributed by atoms with E-state index in [-0.39, 0.29) is 14.9 Å². The highest BCUT2D eigenvalue weighted by Gasteiger charge is 2.19. The van der Waals surface area contributed by atoms with E-state index in [0.717, 1.165) is 11.3 Å². The quantitative estimate of drug-likeness (QED) is 0.927. The predicted molar refractivity (Wildman–Crippen MR) is 71.5 cm³/mol. The van der Waals surface area contributed by atoms with E-state index in [9.17, 15) is 12.8 Å². The lowest BCUT2D eigenvalue weighted by Gasteiger charge is -2.07. The monoisotopic (exact) mass is 325 g/mol. The second kappa shape index (κ2) is 5.05. The third-order valence-electron chi connectivity index (χ3n) is 2.01. The Morgan fingerprint density at radius 2 is 1.89 bits per heavy atom. The average Bonchev–Trinajstić information content (AvgIpc) is 2.72. The fourth-order valence-electron chi connectivity index (χ4n) is 1.22. The van der Waals surface area contributed by atoms with Crippen LogP contribution in [0, 0.1) is 5.82 Å². The summed E-state index contributed by atoms with van der Waals surface area (Å²) in [5, 5.41) is -0.153. The van der Waals surface area contributed by atoms with Crippen molar-refractivity contribution in [1.29, 1.82) is 0 Å².